The predicted molar refractivity (Wildman–Crippen MR) is 79.4 cm³/mol. The summed E-state index contributed by atoms with van der Waals surface area (Å²) >= 11 is 5.90. The van der Waals surface area contributed by atoms with Gasteiger partial charge >= 0.3 is 0 Å². The summed E-state index contributed by atoms with van der Waals surface area (Å²) in [7, 11) is 1.70. The fourth-order valence-corrected chi connectivity index (χ4v) is 2.92. The van der Waals surface area contributed by atoms with Crippen molar-refractivity contribution in [3.8, 4) is 0 Å². The van der Waals surface area contributed by atoms with Crippen molar-refractivity contribution in [2.24, 2.45) is 5.92 Å². The van der Waals surface area contributed by atoms with Crippen LogP contribution in [0.4, 0.5) is 5.69 Å². The van der Waals surface area contributed by atoms with Crippen molar-refractivity contribution >= 4 is 23.2 Å². The maximum Gasteiger partial charge on any atom is 0.288 e. The van der Waals surface area contributed by atoms with Crippen molar-refractivity contribution in [3.63, 3.8) is 0 Å². The molecule has 1 aromatic heterocycles. The van der Waals surface area contributed by atoms with Gasteiger partial charge in [-0.3, -0.25) is 14.9 Å². The Bertz CT molecular complexity index is 544. The number of pyridine rings is 1. The first-order chi connectivity index (χ1) is 9.99. The van der Waals surface area contributed by atoms with Crippen LogP contribution in [-0.2, 0) is 0 Å². The first-order valence-corrected chi connectivity index (χ1v) is 7.42. The van der Waals surface area contributed by atoms with E-state index in [-0.39, 0.29) is 22.3 Å². The van der Waals surface area contributed by atoms with E-state index in [1.54, 1.807) is 11.9 Å². The molecule has 0 radical (unpaired) electrons. The Kier molecular flexibility index (Phi) is 5.12. The summed E-state index contributed by atoms with van der Waals surface area (Å²) in [6.45, 7) is 0.651. The molecule has 114 valence electrons. The second-order valence-corrected chi connectivity index (χ2v) is 5.84. The summed E-state index contributed by atoms with van der Waals surface area (Å²) in [6.07, 6.45) is 6.96. The average Bonchev–Trinajstić information content (AvgIpc) is 2.47. The van der Waals surface area contributed by atoms with Crippen molar-refractivity contribution in [1.82, 2.24) is 9.88 Å². The summed E-state index contributed by atoms with van der Waals surface area (Å²) in [5, 5.41) is 10.8. The van der Waals surface area contributed by atoms with Gasteiger partial charge in [0.05, 0.1) is 10.5 Å². The maximum atomic E-state index is 12.4. The average molecular weight is 312 g/mol. The number of hydrogen-bond acceptors (Lipinski definition) is 4. The van der Waals surface area contributed by atoms with Crippen molar-refractivity contribution < 1.29 is 9.72 Å². The summed E-state index contributed by atoms with van der Waals surface area (Å²) in [4.78, 5) is 27.9. The van der Waals surface area contributed by atoms with E-state index in [0.717, 1.165) is 19.0 Å². The van der Waals surface area contributed by atoms with Gasteiger partial charge in [0, 0.05) is 19.7 Å². The van der Waals surface area contributed by atoms with Crippen LogP contribution in [0.1, 0.15) is 42.5 Å². The third-order valence-electron chi connectivity index (χ3n) is 3.87. The van der Waals surface area contributed by atoms with Gasteiger partial charge < -0.3 is 4.90 Å². The number of nitro groups is 1. The highest BCUT2D eigenvalue weighted by atomic mass is 35.5. The zero-order valence-electron chi connectivity index (χ0n) is 11.9. The topological polar surface area (TPSA) is 76.3 Å². The largest absolute Gasteiger partial charge is 0.341 e. The van der Waals surface area contributed by atoms with E-state index in [0.29, 0.717) is 12.5 Å². The fourth-order valence-electron chi connectivity index (χ4n) is 2.73. The molecule has 6 nitrogen and oxygen atoms in total. The third kappa shape index (κ3) is 3.91. The van der Waals surface area contributed by atoms with E-state index in [9.17, 15) is 14.9 Å². The van der Waals surface area contributed by atoms with Crippen LogP contribution in [-0.4, -0.2) is 34.3 Å². The van der Waals surface area contributed by atoms with E-state index >= 15 is 0 Å². The standard InChI is InChI=1S/C14H18ClN3O3/c1-17(9-10-5-3-2-4-6-10)14(19)12-7-11(18(20)21)8-16-13(12)15/h7-8,10H,2-6,9H2,1H3. The number of amides is 1. The third-order valence-corrected chi connectivity index (χ3v) is 4.17. The zero-order chi connectivity index (χ0) is 15.4. The molecule has 0 aromatic carbocycles. The van der Waals surface area contributed by atoms with Crippen LogP contribution in [0.25, 0.3) is 0 Å². The molecule has 1 heterocycles. The van der Waals surface area contributed by atoms with Crippen molar-refractivity contribution in [1.29, 1.82) is 0 Å². The molecule has 0 saturated heterocycles. The van der Waals surface area contributed by atoms with Gasteiger partial charge in [0.25, 0.3) is 11.6 Å². The number of carbonyl (C=O) groups is 1. The predicted octanol–water partition coefficient (Wildman–Crippen LogP) is 3.30. The van der Waals surface area contributed by atoms with E-state index in [2.05, 4.69) is 4.98 Å². The zero-order valence-corrected chi connectivity index (χ0v) is 12.7. The van der Waals surface area contributed by atoms with Crippen LogP contribution in [0.3, 0.4) is 0 Å². The Morgan fingerprint density at radius 3 is 2.76 bits per heavy atom. The SMILES string of the molecule is CN(CC1CCCCC1)C(=O)c1cc([N+](=O)[O-])cnc1Cl. The molecular weight excluding hydrogens is 294 g/mol. The molecule has 21 heavy (non-hydrogen) atoms. The molecular formula is C14H18ClN3O3. The normalized spacial score (nSPS) is 15.7. The van der Waals surface area contributed by atoms with Gasteiger partial charge in [0.1, 0.15) is 11.3 Å². The maximum absolute atomic E-state index is 12.4. The van der Waals surface area contributed by atoms with Gasteiger partial charge in [0.2, 0.25) is 0 Å². The Morgan fingerprint density at radius 1 is 1.48 bits per heavy atom. The second-order valence-electron chi connectivity index (χ2n) is 5.48. The Morgan fingerprint density at radius 2 is 2.14 bits per heavy atom. The molecule has 1 saturated carbocycles. The van der Waals surface area contributed by atoms with Crippen molar-refractivity contribution in [3.05, 3.63) is 33.1 Å². The highest BCUT2D eigenvalue weighted by Crippen LogP contribution is 2.25. The van der Waals surface area contributed by atoms with E-state index < -0.39 is 4.92 Å². The lowest BCUT2D eigenvalue weighted by Gasteiger charge is -2.27. The first-order valence-electron chi connectivity index (χ1n) is 7.04. The Labute approximate surface area is 128 Å². The number of nitrogens with zero attached hydrogens (tertiary/aromatic N) is 3. The lowest BCUT2D eigenvalue weighted by Crippen LogP contribution is -2.33. The van der Waals surface area contributed by atoms with Gasteiger partial charge in [0.15, 0.2) is 0 Å². The molecule has 7 heteroatoms. The Balaban J connectivity index is 2.10. The highest BCUT2D eigenvalue weighted by Gasteiger charge is 2.23. The molecule has 0 aliphatic heterocycles. The Hall–Kier alpha value is -1.69. The minimum absolute atomic E-state index is 0.00101. The van der Waals surface area contributed by atoms with Crippen LogP contribution in [0, 0.1) is 16.0 Å². The lowest BCUT2D eigenvalue weighted by molar-refractivity contribution is -0.385. The summed E-state index contributed by atoms with van der Waals surface area (Å²) < 4.78 is 0. The number of carbonyl (C=O) groups excluding carboxylic acids is 1. The number of aromatic nitrogens is 1. The summed E-state index contributed by atoms with van der Waals surface area (Å²) in [5.74, 6) is 0.180. The smallest absolute Gasteiger partial charge is 0.288 e. The van der Waals surface area contributed by atoms with Crippen LogP contribution >= 0.6 is 11.6 Å². The van der Waals surface area contributed by atoms with Gasteiger partial charge in [-0.15, -0.1) is 0 Å². The van der Waals surface area contributed by atoms with E-state index in [1.165, 1.54) is 25.3 Å². The van der Waals surface area contributed by atoms with Crippen LogP contribution in [0.5, 0.6) is 0 Å². The first kappa shape index (κ1) is 15.7. The van der Waals surface area contributed by atoms with Crippen LogP contribution < -0.4 is 0 Å². The van der Waals surface area contributed by atoms with Crippen molar-refractivity contribution in [2.45, 2.75) is 32.1 Å². The molecule has 1 amide bonds. The fraction of sp³-hybridized carbons (Fsp3) is 0.571. The molecule has 2 rings (SSSR count). The highest BCUT2D eigenvalue weighted by molar-refractivity contribution is 6.32. The summed E-state index contributed by atoms with van der Waals surface area (Å²) in [6, 6.07) is 1.19. The minimum atomic E-state index is -0.582. The van der Waals surface area contributed by atoms with Crippen LogP contribution in [0.2, 0.25) is 5.15 Å². The van der Waals surface area contributed by atoms with Gasteiger partial charge in [-0.25, -0.2) is 4.98 Å². The van der Waals surface area contributed by atoms with E-state index in [4.69, 9.17) is 11.6 Å². The number of halogens is 1. The number of rotatable bonds is 4. The second kappa shape index (κ2) is 6.85. The summed E-state index contributed by atoms with van der Waals surface area (Å²) in [5.41, 5.74) is -0.141. The molecule has 1 aliphatic carbocycles. The van der Waals surface area contributed by atoms with Gasteiger partial charge in [-0.05, 0) is 18.8 Å². The van der Waals surface area contributed by atoms with Gasteiger partial charge in [-0.1, -0.05) is 30.9 Å². The van der Waals surface area contributed by atoms with Crippen LogP contribution in [0.15, 0.2) is 12.3 Å². The molecule has 0 bridgehead atoms. The molecule has 0 unspecified atom stereocenters. The molecule has 0 atom stereocenters. The quantitative estimate of drug-likeness (QED) is 0.485. The molecule has 1 fully saturated rings. The van der Waals surface area contributed by atoms with E-state index in [1.807, 2.05) is 0 Å². The molecule has 0 N–H and O–H groups in total. The molecule has 1 aliphatic rings. The lowest BCUT2D eigenvalue weighted by atomic mass is 9.89. The monoisotopic (exact) mass is 311 g/mol. The minimum Gasteiger partial charge on any atom is -0.341 e. The van der Waals surface area contributed by atoms with Gasteiger partial charge in [-0.2, -0.15) is 0 Å². The molecule has 0 spiro atoms. The number of hydrogen-bond donors (Lipinski definition) is 0. The van der Waals surface area contributed by atoms with Crippen molar-refractivity contribution in [2.75, 3.05) is 13.6 Å². The molecule has 1 aromatic rings.